The molecule has 3 rings (SSSR count). The molecule has 0 saturated heterocycles. The molecule has 0 saturated carbocycles. The monoisotopic (exact) mass is 348 g/mol. The average Bonchev–Trinajstić information content (AvgIpc) is 3.01. The summed E-state index contributed by atoms with van der Waals surface area (Å²) in [6.45, 7) is -0.117. The fraction of sp³-hybridized carbons (Fsp3) is 0.167. The molecule has 3 aromatic rings. The minimum Gasteiger partial charge on any atom is -0.332 e. The van der Waals surface area contributed by atoms with E-state index in [1.54, 1.807) is 61.2 Å². The van der Waals surface area contributed by atoms with Crippen molar-refractivity contribution < 1.29 is 9.59 Å². The number of benzene rings is 2. The van der Waals surface area contributed by atoms with Crippen LogP contribution in [0.2, 0.25) is 0 Å². The lowest BCUT2D eigenvalue weighted by molar-refractivity contribution is -0.116. The van der Waals surface area contributed by atoms with Crippen molar-refractivity contribution in [1.82, 2.24) is 19.9 Å². The van der Waals surface area contributed by atoms with Crippen LogP contribution in [-0.4, -0.2) is 45.3 Å². The zero-order valence-corrected chi connectivity index (χ0v) is 14.3. The van der Waals surface area contributed by atoms with Crippen molar-refractivity contribution in [1.29, 1.82) is 5.26 Å². The lowest BCUT2D eigenvalue weighted by atomic mass is 10.1. The molecular formula is C18H16N6O2. The first-order valence-corrected chi connectivity index (χ1v) is 7.83. The van der Waals surface area contributed by atoms with Gasteiger partial charge in [-0.2, -0.15) is 5.26 Å². The number of carbonyl (C=O) groups excluding carboxylic acids is 2. The van der Waals surface area contributed by atoms with Gasteiger partial charge in [0.15, 0.2) is 0 Å². The Bertz CT molecular complexity index is 1030. The van der Waals surface area contributed by atoms with E-state index in [4.69, 9.17) is 5.26 Å². The maximum absolute atomic E-state index is 12.5. The number of nitrogens with one attached hydrogen (secondary N) is 1. The molecule has 2 aromatic carbocycles. The van der Waals surface area contributed by atoms with Crippen LogP contribution in [0.4, 0.5) is 5.69 Å². The summed E-state index contributed by atoms with van der Waals surface area (Å²) >= 11 is 0. The average molecular weight is 348 g/mol. The zero-order chi connectivity index (χ0) is 18.7. The molecule has 8 heteroatoms. The van der Waals surface area contributed by atoms with E-state index < -0.39 is 0 Å². The summed E-state index contributed by atoms with van der Waals surface area (Å²) in [5.74, 6) is -0.644. The molecule has 0 bridgehead atoms. The van der Waals surface area contributed by atoms with E-state index in [0.29, 0.717) is 22.3 Å². The standard InChI is InChI=1S/C18H16N6O2/c1-23(11-17(25)20-14-5-3-4-12(8-14)10-19)18(26)13-6-7-16-15(9-13)21-22-24(16)2/h3-9H,11H2,1-2H3,(H,20,25). The first-order valence-electron chi connectivity index (χ1n) is 7.83. The Morgan fingerprint density at radius 2 is 2.08 bits per heavy atom. The van der Waals surface area contributed by atoms with E-state index in [1.165, 1.54) is 4.90 Å². The summed E-state index contributed by atoms with van der Waals surface area (Å²) in [4.78, 5) is 26.0. The SMILES string of the molecule is CN(CC(=O)Nc1cccc(C#N)c1)C(=O)c1ccc2c(c1)nnn2C. The number of nitrogens with zero attached hydrogens (tertiary/aromatic N) is 5. The third-order valence-electron chi connectivity index (χ3n) is 3.86. The van der Waals surface area contributed by atoms with Crippen LogP contribution in [0, 0.1) is 11.3 Å². The van der Waals surface area contributed by atoms with Crippen LogP contribution in [0.1, 0.15) is 15.9 Å². The number of hydrogen-bond donors (Lipinski definition) is 1. The van der Waals surface area contributed by atoms with E-state index >= 15 is 0 Å². The van der Waals surface area contributed by atoms with Gasteiger partial charge in [-0.25, -0.2) is 4.68 Å². The lowest BCUT2D eigenvalue weighted by Crippen LogP contribution is -2.34. The van der Waals surface area contributed by atoms with Gasteiger partial charge in [-0.05, 0) is 36.4 Å². The first-order chi connectivity index (χ1) is 12.5. The molecule has 8 nitrogen and oxygen atoms in total. The first kappa shape index (κ1) is 17.1. The number of nitriles is 1. The third-order valence-corrected chi connectivity index (χ3v) is 3.86. The molecule has 0 atom stereocenters. The highest BCUT2D eigenvalue weighted by Gasteiger charge is 2.16. The molecular weight excluding hydrogens is 332 g/mol. The van der Waals surface area contributed by atoms with Crippen molar-refractivity contribution in [2.24, 2.45) is 7.05 Å². The quantitative estimate of drug-likeness (QED) is 0.770. The number of aryl methyl sites for hydroxylation is 1. The molecule has 0 fully saturated rings. The number of aromatic nitrogens is 3. The Balaban J connectivity index is 1.67. The summed E-state index contributed by atoms with van der Waals surface area (Å²) in [6, 6.07) is 13.7. The number of carbonyl (C=O) groups is 2. The molecule has 2 amide bonds. The summed E-state index contributed by atoms with van der Waals surface area (Å²) in [7, 11) is 3.32. The topological polar surface area (TPSA) is 104 Å². The van der Waals surface area contributed by atoms with E-state index in [1.807, 2.05) is 6.07 Å². The molecule has 0 aliphatic heterocycles. The largest absolute Gasteiger partial charge is 0.332 e. The van der Waals surface area contributed by atoms with Gasteiger partial charge in [0.1, 0.15) is 5.52 Å². The number of amides is 2. The van der Waals surface area contributed by atoms with Crippen LogP contribution in [0.25, 0.3) is 11.0 Å². The van der Waals surface area contributed by atoms with Crippen LogP contribution < -0.4 is 5.32 Å². The highest BCUT2D eigenvalue weighted by atomic mass is 16.2. The summed E-state index contributed by atoms with van der Waals surface area (Å²) in [5.41, 5.74) is 2.82. The molecule has 0 radical (unpaired) electrons. The Morgan fingerprint density at radius 1 is 1.27 bits per heavy atom. The van der Waals surface area contributed by atoms with Crippen LogP contribution >= 0.6 is 0 Å². The van der Waals surface area contributed by atoms with Crippen molar-refractivity contribution in [2.75, 3.05) is 18.9 Å². The molecule has 1 heterocycles. The van der Waals surface area contributed by atoms with E-state index in [0.717, 1.165) is 5.52 Å². The molecule has 0 spiro atoms. The van der Waals surface area contributed by atoms with Crippen molar-refractivity contribution in [3.8, 4) is 6.07 Å². The predicted molar refractivity (Wildman–Crippen MR) is 95.3 cm³/mol. The number of likely N-dealkylation sites (N-methyl/N-ethyl adjacent to an activating group) is 1. The highest BCUT2D eigenvalue weighted by molar-refractivity contribution is 6.00. The summed E-state index contributed by atoms with van der Waals surface area (Å²) in [5, 5.41) is 19.5. The number of fused-ring (bicyclic) bond motifs is 1. The van der Waals surface area contributed by atoms with Crippen molar-refractivity contribution in [3.05, 3.63) is 53.6 Å². The van der Waals surface area contributed by atoms with Crippen molar-refractivity contribution in [3.63, 3.8) is 0 Å². The van der Waals surface area contributed by atoms with Crippen molar-refractivity contribution in [2.45, 2.75) is 0 Å². The maximum atomic E-state index is 12.5. The summed E-state index contributed by atoms with van der Waals surface area (Å²) < 4.78 is 1.62. The van der Waals surface area contributed by atoms with E-state index in [9.17, 15) is 9.59 Å². The smallest absolute Gasteiger partial charge is 0.254 e. The Hall–Kier alpha value is -3.73. The summed E-state index contributed by atoms with van der Waals surface area (Å²) in [6.07, 6.45) is 0. The fourth-order valence-electron chi connectivity index (χ4n) is 2.55. The minimum absolute atomic E-state index is 0.117. The molecule has 0 aliphatic rings. The van der Waals surface area contributed by atoms with Gasteiger partial charge in [0.25, 0.3) is 5.91 Å². The minimum atomic E-state index is -0.350. The van der Waals surface area contributed by atoms with Crippen LogP contribution in [0.15, 0.2) is 42.5 Å². The zero-order valence-electron chi connectivity index (χ0n) is 14.3. The van der Waals surface area contributed by atoms with Gasteiger partial charge >= 0.3 is 0 Å². The van der Waals surface area contributed by atoms with Crippen LogP contribution in [-0.2, 0) is 11.8 Å². The van der Waals surface area contributed by atoms with E-state index in [-0.39, 0.29) is 18.4 Å². The number of anilines is 1. The van der Waals surface area contributed by atoms with Crippen LogP contribution in [0.5, 0.6) is 0 Å². The predicted octanol–water partition coefficient (Wildman–Crippen LogP) is 1.55. The maximum Gasteiger partial charge on any atom is 0.254 e. The van der Waals surface area contributed by atoms with Crippen LogP contribution in [0.3, 0.4) is 0 Å². The fourth-order valence-corrected chi connectivity index (χ4v) is 2.55. The Kier molecular flexibility index (Phi) is 4.62. The third kappa shape index (κ3) is 3.52. The molecule has 0 aliphatic carbocycles. The molecule has 0 unspecified atom stereocenters. The highest BCUT2D eigenvalue weighted by Crippen LogP contribution is 2.14. The second-order valence-corrected chi connectivity index (χ2v) is 5.82. The molecule has 26 heavy (non-hydrogen) atoms. The van der Waals surface area contributed by atoms with Gasteiger partial charge in [-0.3, -0.25) is 9.59 Å². The second-order valence-electron chi connectivity index (χ2n) is 5.82. The van der Waals surface area contributed by atoms with Gasteiger partial charge in [0.05, 0.1) is 23.7 Å². The van der Waals surface area contributed by atoms with E-state index in [2.05, 4.69) is 15.6 Å². The Labute approximate surface area is 149 Å². The van der Waals surface area contributed by atoms with Gasteiger partial charge in [0.2, 0.25) is 5.91 Å². The molecule has 130 valence electrons. The number of rotatable bonds is 4. The lowest BCUT2D eigenvalue weighted by Gasteiger charge is -2.17. The second kappa shape index (κ2) is 7.03. The normalized spacial score (nSPS) is 10.3. The molecule has 1 aromatic heterocycles. The van der Waals surface area contributed by atoms with Gasteiger partial charge in [0, 0.05) is 25.3 Å². The van der Waals surface area contributed by atoms with Gasteiger partial charge in [-0.15, -0.1) is 5.10 Å². The Morgan fingerprint density at radius 3 is 2.85 bits per heavy atom. The van der Waals surface area contributed by atoms with Crippen molar-refractivity contribution >= 4 is 28.5 Å². The van der Waals surface area contributed by atoms with Gasteiger partial charge < -0.3 is 10.2 Å². The molecule has 1 N–H and O–H groups in total. The number of hydrogen-bond acceptors (Lipinski definition) is 5. The van der Waals surface area contributed by atoms with Gasteiger partial charge in [-0.1, -0.05) is 11.3 Å².